The summed E-state index contributed by atoms with van der Waals surface area (Å²) in [7, 11) is 0. The van der Waals surface area contributed by atoms with Crippen LogP contribution in [0.1, 0.15) is 25.3 Å². The molecular formula is C13H16FNO2. The van der Waals surface area contributed by atoms with Crippen molar-refractivity contribution in [2.24, 2.45) is 5.92 Å². The third-order valence-corrected chi connectivity index (χ3v) is 3.38. The summed E-state index contributed by atoms with van der Waals surface area (Å²) in [5.74, 6) is -1.39. The molecule has 2 rings (SSSR count). The highest BCUT2D eigenvalue weighted by Gasteiger charge is 2.29. The van der Waals surface area contributed by atoms with Crippen molar-refractivity contribution in [1.29, 1.82) is 0 Å². The summed E-state index contributed by atoms with van der Waals surface area (Å²) < 4.78 is 13.0. The van der Waals surface area contributed by atoms with Gasteiger partial charge in [-0.15, -0.1) is 0 Å². The van der Waals surface area contributed by atoms with E-state index in [0.29, 0.717) is 6.42 Å². The fraction of sp³-hybridized carbons (Fsp3) is 0.462. The van der Waals surface area contributed by atoms with E-state index in [9.17, 15) is 9.18 Å². The molecule has 1 aromatic carbocycles. The van der Waals surface area contributed by atoms with Crippen LogP contribution in [-0.2, 0) is 11.2 Å². The summed E-state index contributed by atoms with van der Waals surface area (Å²) in [6.45, 7) is 1.88. The number of hydrogen-bond donors (Lipinski definition) is 2. The van der Waals surface area contributed by atoms with Crippen molar-refractivity contribution in [2.45, 2.75) is 32.2 Å². The molecule has 0 aromatic heterocycles. The van der Waals surface area contributed by atoms with Crippen molar-refractivity contribution in [2.75, 3.05) is 5.32 Å². The molecule has 17 heavy (non-hydrogen) atoms. The minimum absolute atomic E-state index is 0.0598. The van der Waals surface area contributed by atoms with Crippen LogP contribution in [0.4, 0.5) is 10.1 Å². The van der Waals surface area contributed by atoms with Crippen molar-refractivity contribution in [3.05, 3.63) is 29.6 Å². The van der Waals surface area contributed by atoms with Gasteiger partial charge >= 0.3 is 5.97 Å². The number of nitrogens with one attached hydrogen (secondary N) is 1. The second-order valence-corrected chi connectivity index (χ2v) is 4.44. The third-order valence-electron chi connectivity index (χ3n) is 3.38. The van der Waals surface area contributed by atoms with Crippen LogP contribution in [0.25, 0.3) is 0 Å². The van der Waals surface area contributed by atoms with Gasteiger partial charge in [-0.2, -0.15) is 0 Å². The highest BCUT2D eigenvalue weighted by Crippen LogP contribution is 2.29. The molecule has 0 fully saturated rings. The number of aryl methyl sites for hydroxylation is 1. The monoisotopic (exact) mass is 237 g/mol. The van der Waals surface area contributed by atoms with Gasteiger partial charge in [-0.05, 0) is 43.0 Å². The van der Waals surface area contributed by atoms with E-state index < -0.39 is 5.97 Å². The van der Waals surface area contributed by atoms with Crippen molar-refractivity contribution < 1.29 is 14.3 Å². The third kappa shape index (κ3) is 2.40. The first-order valence-corrected chi connectivity index (χ1v) is 5.89. The molecule has 2 unspecified atom stereocenters. The molecule has 92 valence electrons. The number of aliphatic carboxylic acids is 1. The molecule has 0 amide bonds. The van der Waals surface area contributed by atoms with Gasteiger partial charge in [0.2, 0.25) is 0 Å². The van der Waals surface area contributed by atoms with E-state index in [1.807, 2.05) is 6.92 Å². The first-order chi connectivity index (χ1) is 8.11. The van der Waals surface area contributed by atoms with E-state index in [1.54, 1.807) is 6.07 Å². The lowest BCUT2D eigenvalue weighted by Crippen LogP contribution is -2.37. The molecule has 4 heteroatoms. The van der Waals surface area contributed by atoms with Gasteiger partial charge < -0.3 is 10.4 Å². The molecule has 1 heterocycles. The average Bonchev–Trinajstić information content (AvgIpc) is 2.29. The number of fused-ring (bicyclic) bond motifs is 1. The maximum Gasteiger partial charge on any atom is 0.308 e. The first kappa shape index (κ1) is 11.9. The smallest absolute Gasteiger partial charge is 0.308 e. The van der Waals surface area contributed by atoms with Crippen LogP contribution >= 0.6 is 0 Å². The average molecular weight is 237 g/mol. The Morgan fingerprint density at radius 1 is 1.65 bits per heavy atom. The second kappa shape index (κ2) is 4.73. The zero-order valence-electron chi connectivity index (χ0n) is 9.74. The number of rotatable bonds is 3. The predicted octanol–water partition coefficient (Wildman–Crippen LogP) is 2.66. The van der Waals surface area contributed by atoms with Gasteiger partial charge in [0.15, 0.2) is 0 Å². The van der Waals surface area contributed by atoms with Crippen molar-refractivity contribution >= 4 is 11.7 Å². The van der Waals surface area contributed by atoms with Crippen LogP contribution in [0.2, 0.25) is 0 Å². The molecule has 2 atom stereocenters. The van der Waals surface area contributed by atoms with Gasteiger partial charge in [0.05, 0.1) is 5.92 Å². The Morgan fingerprint density at radius 2 is 2.41 bits per heavy atom. The second-order valence-electron chi connectivity index (χ2n) is 4.44. The van der Waals surface area contributed by atoms with Crippen molar-refractivity contribution in [1.82, 2.24) is 0 Å². The highest BCUT2D eigenvalue weighted by atomic mass is 19.1. The molecule has 0 saturated heterocycles. The molecule has 0 bridgehead atoms. The van der Waals surface area contributed by atoms with Gasteiger partial charge in [-0.25, -0.2) is 4.39 Å². The highest BCUT2D eigenvalue weighted by molar-refractivity contribution is 5.72. The van der Waals surface area contributed by atoms with Crippen LogP contribution in [0.5, 0.6) is 0 Å². The molecule has 0 saturated carbocycles. The topological polar surface area (TPSA) is 49.3 Å². The number of anilines is 1. The summed E-state index contributed by atoms with van der Waals surface area (Å²) in [5, 5.41) is 12.3. The SMILES string of the molecule is CCC(C(=O)O)C1CCc2cc(F)ccc2N1. The molecule has 0 spiro atoms. The number of carboxylic acid groups (broad SMARTS) is 1. The number of hydrogen-bond acceptors (Lipinski definition) is 2. The fourth-order valence-corrected chi connectivity index (χ4v) is 2.43. The Labute approximate surface area is 99.7 Å². The van der Waals surface area contributed by atoms with Gasteiger partial charge in [-0.1, -0.05) is 6.92 Å². The number of carboxylic acids is 1. The minimum atomic E-state index is -0.768. The molecule has 0 radical (unpaired) electrons. The van der Waals surface area contributed by atoms with Crippen molar-refractivity contribution in [3.63, 3.8) is 0 Å². The lowest BCUT2D eigenvalue weighted by Gasteiger charge is -2.30. The largest absolute Gasteiger partial charge is 0.481 e. The van der Waals surface area contributed by atoms with Gasteiger partial charge in [0.1, 0.15) is 5.82 Å². The Bertz CT molecular complexity index is 433. The maximum absolute atomic E-state index is 13.0. The van der Waals surface area contributed by atoms with Gasteiger partial charge in [0, 0.05) is 11.7 Å². The van der Waals surface area contributed by atoms with E-state index in [4.69, 9.17) is 5.11 Å². The standard InChI is InChI=1S/C13H16FNO2/c1-2-10(13(16)17)12-5-3-8-7-9(14)4-6-11(8)15-12/h4,6-7,10,12,15H,2-3,5H2,1H3,(H,16,17). The minimum Gasteiger partial charge on any atom is -0.481 e. The van der Waals surface area contributed by atoms with Crippen LogP contribution < -0.4 is 5.32 Å². The van der Waals surface area contributed by atoms with Crippen LogP contribution in [-0.4, -0.2) is 17.1 Å². The Morgan fingerprint density at radius 3 is 3.06 bits per heavy atom. The molecule has 1 aliphatic heterocycles. The number of halogens is 1. The first-order valence-electron chi connectivity index (χ1n) is 5.89. The van der Waals surface area contributed by atoms with E-state index in [2.05, 4.69) is 5.32 Å². The molecule has 1 aliphatic rings. The molecule has 1 aromatic rings. The fourth-order valence-electron chi connectivity index (χ4n) is 2.43. The zero-order chi connectivity index (χ0) is 12.4. The van der Waals surface area contributed by atoms with E-state index in [1.165, 1.54) is 12.1 Å². The molecule has 3 nitrogen and oxygen atoms in total. The zero-order valence-corrected chi connectivity index (χ0v) is 9.74. The summed E-state index contributed by atoms with van der Waals surface area (Å²) in [4.78, 5) is 11.1. The van der Waals surface area contributed by atoms with E-state index in [0.717, 1.165) is 24.1 Å². The van der Waals surface area contributed by atoms with Crippen LogP contribution in [0.15, 0.2) is 18.2 Å². The summed E-state index contributed by atoms with van der Waals surface area (Å²) in [6, 6.07) is 4.54. The quantitative estimate of drug-likeness (QED) is 0.849. The van der Waals surface area contributed by atoms with Gasteiger partial charge in [-0.3, -0.25) is 4.79 Å². The summed E-state index contributed by atoms with van der Waals surface area (Å²) in [5.41, 5.74) is 1.80. The number of carbonyl (C=O) groups is 1. The maximum atomic E-state index is 13.0. The summed E-state index contributed by atoms with van der Waals surface area (Å²) in [6.07, 6.45) is 2.07. The van der Waals surface area contributed by atoms with Crippen LogP contribution in [0.3, 0.4) is 0 Å². The van der Waals surface area contributed by atoms with Crippen LogP contribution in [0, 0.1) is 11.7 Å². The Kier molecular flexibility index (Phi) is 3.31. The normalized spacial score (nSPS) is 20.2. The molecular weight excluding hydrogens is 221 g/mol. The Hall–Kier alpha value is -1.58. The molecule has 0 aliphatic carbocycles. The van der Waals surface area contributed by atoms with E-state index >= 15 is 0 Å². The van der Waals surface area contributed by atoms with Gasteiger partial charge in [0.25, 0.3) is 0 Å². The number of benzene rings is 1. The Balaban J connectivity index is 2.18. The lowest BCUT2D eigenvalue weighted by atomic mass is 9.88. The predicted molar refractivity (Wildman–Crippen MR) is 63.5 cm³/mol. The lowest BCUT2D eigenvalue weighted by molar-refractivity contribution is -0.142. The van der Waals surface area contributed by atoms with Crippen molar-refractivity contribution in [3.8, 4) is 0 Å². The van der Waals surface area contributed by atoms with E-state index in [-0.39, 0.29) is 17.8 Å². The molecule has 2 N–H and O–H groups in total. The summed E-state index contributed by atoms with van der Waals surface area (Å²) >= 11 is 0.